The molecule has 0 aliphatic heterocycles. The minimum Gasteiger partial charge on any atom is -0.502 e. The van der Waals surface area contributed by atoms with Gasteiger partial charge in [0.25, 0.3) is 0 Å². The molecule has 0 N–H and O–H groups in total. The highest BCUT2D eigenvalue weighted by molar-refractivity contribution is 5.34. The predicted molar refractivity (Wildman–Crippen MR) is 65.0 cm³/mol. The Bertz CT molecular complexity index is 326. The first-order valence-electron chi connectivity index (χ1n) is 5.57. The fraction of sp³-hybridized carbons (Fsp3) is 0.429. The minimum absolute atomic E-state index is 0.809. The summed E-state index contributed by atoms with van der Waals surface area (Å²) in [4.78, 5) is 0. The quantitative estimate of drug-likeness (QED) is 0.524. The van der Waals surface area contributed by atoms with Crippen LogP contribution in [0.4, 0.5) is 0 Å². The Kier molecular flexibility index (Phi) is 4.96. The van der Waals surface area contributed by atoms with Crippen molar-refractivity contribution >= 4 is 0 Å². The number of hydrogen-bond donors (Lipinski definition) is 0. The van der Waals surface area contributed by atoms with Gasteiger partial charge in [-0.05, 0) is 49.5 Å². The molecule has 0 atom stereocenters. The molecule has 1 rings (SSSR count). The Labute approximate surface area is 92.8 Å². The maximum atomic E-state index is 5.29. The van der Waals surface area contributed by atoms with Crippen LogP contribution in [0.1, 0.15) is 30.0 Å². The number of rotatable bonds is 5. The topological polar surface area (TPSA) is 9.23 Å². The van der Waals surface area contributed by atoms with Gasteiger partial charge in [0, 0.05) is 0 Å². The Hall–Kier alpha value is -1.24. The van der Waals surface area contributed by atoms with E-state index in [0.29, 0.717) is 0 Å². The summed E-state index contributed by atoms with van der Waals surface area (Å²) in [6.07, 6.45) is 5.91. The van der Waals surface area contributed by atoms with Crippen LogP contribution >= 0.6 is 0 Å². The summed E-state index contributed by atoms with van der Waals surface area (Å²) >= 11 is 0. The zero-order valence-electron chi connectivity index (χ0n) is 9.92. The molecule has 0 unspecified atom stereocenters. The summed E-state index contributed by atoms with van der Waals surface area (Å²) in [5, 5.41) is 0. The van der Waals surface area contributed by atoms with Crippen LogP contribution in [0.5, 0.6) is 0 Å². The summed E-state index contributed by atoms with van der Waals surface area (Å²) < 4.78 is 5.29. The van der Waals surface area contributed by atoms with Gasteiger partial charge >= 0.3 is 0 Å². The molecular formula is C14H20O. The molecule has 0 saturated heterocycles. The Morgan fingerprint density at radius 2 is 2.07 bits per heavy atom. The first kappa shape index (κ1) is 11.8. The van der Waals surface area contributed by atoms with E-state index in [1.165, 1.54) is 16.7 Å². The average Bonchev–Trinajstić information content (AvgIpc) is 2.24. The number of benzene rings is 1. The molecule has 0 saturated carbocycles. The maximum absolute atomic E-state index is 5.29. The smallest absolute Gasteiger partial charge is 0.0870 e. The maximum Gasteiger partial charge on any atom is 0.0870 e. The molecule has 0 fully saturated rings. The number of aryl methyl sites for hydroxylation is 1. The van der Waals surface area contributed by atoms with Crippen LogP contribution < -0.4 is 0 Å². The number of hydrogen-bond acceptors (Lipinski definition) is 1. The summed E-state index contributed by atoms with van der Waals surface area (Å²) in [6.45, 7) is 7.24. The van der Waals surface area contributed by atoms with Crippen molar-refractivity contribution in [3.8, 4) is 0 Å². The van der Waals surface area contributed by atoms with Crippen molar-refractivity contribution in [2.45, 2.75) is 33.6 Å². The van der Waals surface area contributed by atoms with Crippen molar-refractivity contribution in [3.63, 3.8) is 0 Å². The number of allylic oxidation sites excluding steroid dienone is 1. The van der Waals surface area contributed by atoms with Crippen LogP contribution in [0.25, 0.3) is 0 Å². The predicted octanol–water partition coefficient (Wildman–Crippen LogP) is 3.79. The summed E-state index contributed by atoms with van der Waals surface area (Å²) in [5.41, 5.74) is 4.12. The van der Waals surface area contributed by atoms with Crippen molar-refractivity contribution in [3.05, 3.63) is 47.2 Å². The molecule has 0 amide bonds. The fourth-order valence-electron chi connectivity index (χ4n) is 1.46. The molecular weight excluding hydrogens is 184 g/mol. The third-order valence-corrected chi connectivity index (χ3v) is 2.57. The van der Waals surface area contributed by atoms with Crippen LogP contribution in [-0.4, -0.2) is 6.61 Å². The molecule has 0 spiro atoms. The Morgan fingerprint density at radius 3 is 2.80 bits per heavy atom. The highest BCUT2D eigenvalue weighted by Gasteiger charge is 1.97. The van der Waals surface area contributed by atoms with Gasteiger partial charge in [0.05, 0.1) is 12.9 Å². The lowest BCUT2D eigenvalue weighted by atomic mass is 10.0. The van der Waals surface area contributed by atoms with E-state index in [-0.39, 0.29) is 0 Å². The molecule has 0 heterocycles. The molecule has 0 aliphatic rings. The van der Waals surface area contributed by atoms with Gasteiger partial charge < -0.3 is 4.74 Å². The van der Waals surface area contributed by atoms with Crippen molar-refractivity contribution in [1.29, 1.82) is 0 Å². The monoisotopic (exact) mass is 204 g/mol. The summed E-state index contributed by atoms with van der Waals surface area (Å²) in [7, 11) is 0. The van der Waals surface area contributed by atoms with Crippen molar-refractivity contribution < 1.29 is 4.74 Å². The van der Waals surface area contributed by atoms with Gasteiger partial charge in [-0.2, -0.15) is 0 Å². The Morgan fingerprint density at radius 1 is 1.27 bits per heavy atom. The van der Waals surface area contributed by atoms with E-state index >= 15 is 0 Å². The van der Waals surface area contributed by atoms with Crippen molar-refractivity contribution in [2.75, 3.05) is 6.61 Å². The molecule has 82 valence electrons. The van der Waals surface area contributed by atoms with Crippen LogP contribution in [0.2, 0.25) is 0 Å². The molecule has 0 radical (unpaired) electrons. The SMILES string of the molecule is CCCOC=CCc1cccc(C)c1C. The molecule has 1 aromatic rings. The summed E-state index contributed by atoms with van der Waals surface area (Å²) in [6, 6.07) is 6.43. The van der Waals surface area contributed by atoms with E-state index < -0.39 is 0 Å². The van der Waals surface area contributed by atoms with Gasteiger partial charge in [0.1, 0.15) is 0 Å². The first-order valence-corrected chi connectivity index (χ1v) is 5.57. The standard InChI is InChI=1S/C14H20O/c1-4-10-15-11-6-9-14-8-5-7-12(2)13(14)3/h5-8,11H,4,9-10H2,1-3H3. The highest BCUT2D eigenvalue weighted by atomic mass is 16.5. The van der Waals surface area contributed by atoms with Gasteiger partial charge in [0.2, 0.25) is 0 Å². The molecule has 15 heavy (non-hydrogen) atoms. The molecule has 1 aromatic carbocycles. The lowest BCUT2D eigenvalue weighted by Gasteiger charge is -2.05. The second-order valence-corrected chi connectivity index (χ2v) is 3.81. The molecule has 0 bridgehead atoms. The third kappa shape index (κ3) is 3.78. The van der Waals surface area contributed by atoms with Crippen LogP contribution in [0, 0.1) is 13.8 Å². The zero-order valence-corrected chi connectivity index (χ0v) is 9.92. The fourth-order valence-corrected chi connectivity index (χ4v) is 1.46. The Balaban J connectivity index is 2.50. The van der Waals surface area contributed by atoms with Crippen LogP contribution in [-0.2, 0) is 11.2 Å². The first-order chi connectivity index (χ1) is 7.25. The van der Waals surface area contributed by atoms with Gasteiger partial charge in [-0.1, -0.05) is 25.1 Å². The lowest BCUT2D eigenvalue weighted by Crippen LogP contribution is -1.90. The second-order valence-electron chi connectivity index (χ2n) is 3.81. The number of ether oxygens (including phenoxy) is 1. The molecule has 0 aromatic heterocycles. The largest absolute Gasteiger partial charge is 0.502 e. The van der Waals surface area contributed by atoms with Gasteiger partial charge in [-0.3, -0.25) is 0 Å². The summed E-state index contributed by atoms with van der Waals surface area (Å²) in [5.74, 6) is 0. The highest BCUT2D eigenvalue weighted by Crippen LogP contribution is 2.13. The van der Waals surface area contributed by atoms with E-state index in [0.717, 1.165) is 19.4 Å². The van der Waals surface area contributed by atoms with E-state index in [4.69, 9.17) is 4.74 Å². The second kappa shape index (κ2) is 6.28. The van der Waals surface area contributed by atoms with E-state index in [9.17, 15) is 0 Å². The third-order valence-electron chi connectivity index (χ3n) is 2.57. The molecule has 1 nitrogen and oxygen atoms in total. The average molecular weight is 204 g/mol. The van der Waals surface area contributed by atoms with E-state index in [1.54, 1.807) is 0 Å². The van der Waals surface area contributed by atoms with Gasteiger partial charge in [-0.15, -0.1) is 0 Å². The molecule has 1 heteroatoms. The van der Waals surface area contributed by atoms with Crippen LogP contribution in [0.15, 0.2) is 30.5 Å². The van der Waals surface area contributed by atoms with E-state index in [2.05, 4.69) is 45.0 Å². The van der Waals surface area contributed by atoms with E-state index in [1.807, 2.05) is 6.26 Å². The van der Waals surface area contributed by atoms with Crippen molar-refractivity contribution in [2.24, 2.45) is 0 Å². The van der Waals surface area contributed by atoms with Gasteiger partial charge in [0.15, 0.2) is 0 Å². The van der Waals surface area contributed by atoms with Crippen LogP contribution in [0.3, 0.4) is 0 Å². The molecule has 0 aliphatic carbocycles. The zero-order chi connectivity index (χ0) is 11.1. The minimum atomic E-state index is 0.809. The normalized spacial score (nSPS) is 10.9. The van der Waals surface area contributed by atoms with Crippen molar-refractivity contribution in [1.82, 2.24) is 0 Å². The van der Waals surface area contributed by atoms with Gasteiger partial charge in [-0.25, -0.2) is 0 Å². The lowest BCUT2D eigenvalue weighted by molar-refractivity contribution is 0.249.